The Balaban J connectivity index is 0.00000196. The summed E-state index contributed by atoms with van der Waals surface area (Å²) in [5.74, 6) is 1.71. The topological polar surface area (TPSA) is 56.9 Å². The van der Waals surface area contributed by atoms with Crippen molar-refractivity contribution in [2.75, 3.05) is 6.54 Å². The van der Waals surface area contributed by atoms with Gasteiger partial charge in [0.05, 0.1) is 17.5 Å². The number of hydrogen-bond donors (Lipinski definition) is 1. The molecule has 1 N–H and O–H groups in total. The van der Waals surface area contributed by atoms with E-state index in [9.17, 15) is 0 Å². The molecule has 0 saturated carbocycles. The second kappa shape index (κ2) is 7.93. The number of aromatic nitrogens is 4. The van der Waals surface area contributed by atoms with Gasteiger partial charge in [0.1, 0.15) is 11.4 Å². The summed E-state index contributed by atoms with van der Waals surface area (Å²) in [5.41, 5.74) is 3.13. The minimum absolute atomic E-state index is 0. The van der Waals surface area contributed by atoms with Gasteiger partial charge in [-0.3, -0.25) is 9.25 Å². The molecule has 0 saturated heterocycles. The Labute approximate surface area is 159 Å². The van der Waals surface area contributed by atoms with Gasteiger partial charge in [-0.05, 0) is 45.0 Å². The summed E-state index contributed by atoms with van der Waals surface area (Å²) in [6.45, 7) is 6.89. The Morgan fingerprint density at radius 1 is 1.23 bits per heavy atom. The number of nitrogens with zero attached hydrogens (tertiary/aromatic N) is 4. The maximum atomic E-state index is 5.82. The third-order valence-corrected chi connectivity index (χ3v) is 4.23. The van der Waals surface area contributed by atoms with Crippen LogP contribution in [0.25, 0.3) is 17.2 Å². The molecule has 0 radical (unpaired) electrons. The number of fused-ring (bicyclic) bond motifs is 1. The van der Waals surface area contributed by atoms with Gasteiger partial charge in [-0.1, -0.05) is 6.07 Å². The number of halogens is 1. The van der Waals surface area contributed by atoms with Crippen LogP contribution in [0.5, 0.6) is 5.75 Å². The van der Waals surface area contributed by atoms with Gasteiger partial charge in [0.25, 0.3) is 0 Å². The van der Waals surface area contributed by atoms with Gasteiger partial charge >= 0.3 is 0 Å². The monoisotopic (exact) mass is 373 g/mol. The molecule has 26 heavy (non-hydrogen) atoms. The van der Waals surface area contributed by atoms with Crippen molar-refractivity contribution < 1.29 is 4.74 Å². The average Bonchev–Trinajstić information content (AvgIpc) is 3.17. The standard InChI is InChI=1S/C19H23N5O.ClH/c1-14(2)25-17-6-3-5-15(11-17)23-10-8-21-19(23)18-12-16-13-20-7-4-9-24(16)22-18;/h3,5-6,8,10-12,14,20H,4,7,9,13H2,1-2H3;1H. The molecule has 1 aliphatic heterocycles. The van der Waals surface area contributed by atoms with Crippen molar-refractivity contribution >= 4 is 12.4 Å². The highest BCUT2D eigenvalue weighted by atomic mass is 35.5. The molecule has 2 aromatic heterocycles. The lowest BCUT2D eigenvalue weighted by molar-refractivity contribution is 0.242. The van der Waals surface area contributed by atoms with E-state index in [1.165, 1.54) is 5.69 Å². The molecule has 7 heteroatoms. The van der Waals surface area contributed by atoms with Crippen LogP contribution in [0, 0.1) is 0 Å². The predicted molar refractivity (Wildman–Crippen MR) is 104 cm³/mol. The number of aryl methyl sites for hydroxylation is 1. The third kappa shape index (κ3) is 3.76. The number of hydrogen-bond acceptors (Lipinski definition) is 4. The van der Waals surface area contributed by atoms with E-state index in [0.29, 0.717) is 0 Å². The summed E-state index contributed by atoms with van der Waals surface area (Å²) in [4.78, 5) is 4.55. The second-order valence-electron chi connectivity index (χ2n) is 6.56. The first-order chi connectivity index (χ1) is 12.2. The van der Waals surface area contributed by atoms with E-state index in [1.807, 2.05) is 44.4 Å². The number of benzene rings is 1. The van der Waals surface area contributed by atoms with E-state index in [0.717, 1.165) is 49.0 Å². The van der Waals surface area contributed by atoms with Gasteiger partial charge in [0.15, 0.2) is 5.82 Å². The second-order valence-corrected chi connectivity index (χ2v) is 6.56. The van der Waals surface area contributed by atoms with Crippen molar-refractivity contribution in [2.45, 2.75) is 39.5 Å². The highest BCUT2D eigenvalue weighted by Gasteiger charge is 2.16. The summed E-state index contributed by atoms with van der Waals surface area (Å²) in [7, 11) is 0. The quantitative estimate of drug-likeness (QED) is 0.761. The van der Waals surface area contributed by atoms with Gasteiger partial charge in [0, 0.05) is 31.5 Å². The van der Waals surface area contributed by atoms with Crippen LogP contribution in [0.3, 0.4) is 0 Å². The Morgan fingerprint density at radius 2 is 2.12 bits per heavy atom. The van der Waals surface area contributed by atoms with Gasteiger partial charge in [-0.15, -0.1) is 12.4 Å². The minimum Gasteiger partial charge on any atom is -0.491 e. The highest BCUT2D eigenvalue weighted by molar-refractivity contribution is 5.85. The maximum Gasteiger partial charge on any atom is 0.165 e. The van der Waals surface area contributed by atoms with Crippen LogP contribution in [-0.2, 0) is 13.1 Å². The summed E-state index contributed by atoms with van der Waals surface area (Å²) < 4.78 is 9.97. The van der Waals surface area contributed by atoms with E-state index in [4.69, 9.17) is 9.84 Å². The van der Waals surface area contributed by atoms with Crippen molar-refractivity contribution in [3.8, 4) is 23.0 Å². The SMILES string of the molecule is CC(C)Oc1cccc(-n2ccnc2-c2cc3n(n2)CCCNC3)c1.Cl. The molecule has 3 heterocycles. The largest absolute Gasteiger partial charge is 0.491 e. The van der Waals surface area contributed by atoms with Crippen LogP contribution >= 0.6 is 12.4 Å². The molecule has 4 rings (SSSR count). The molecule has 0 bridgehead atoms. The van der Waals surface area contributed by atoms with Crippen molar-refractivity contribution in [1.29, 1.82) is 0 Å². The molecular formula is C19H24ClN5O. The van der Waals surface area contributed by atoms with Crippen LogP contribution in [0.4, 0.5) is 0 Å². The highest BCUT2D eigenvalue weighted by Crippen LogP contribution is 2.24. The lowest BCUT2D eigenvalue weighted by Crippen LogP contribution is -2.11. The van der Waals surface area contributed by atoms with Crippen LogP contribution in [-0.4, -0.2) is 32.0 Å². The Hall–Kier alpha value is -2.31. The van der Waals surface area contributed by atoms with Crippen LogP contribution in [0.2, 0.25) is 0 Å². The molecule has 6 nitrogen and oxygen atoms in total. The summed E-state index contributed by atoms with van der Waals surface area (Å²) in [6.07, 6.45) is 5.02. The zero-order valence-corrected chi connectivity index (χ0v) is 15.9. The molecule has 0 atom stereocenters. The first kappa shape index (κ1) is 18.5. The van der Waals surface area contributed by atoms with Gasteiger partial charge in [-0.25, -0.2) is 4.98 Å². The van der Waals surface area contributed by atoms with E-state index in [-0.39, 0.29) is 18.5 Å². The molecule has 0 unspecified atom stereocenters. The molecule has 0 aliphatic carbocycles. The molecular weight excluding hydrogens is 350 g/mol. The number of ether oxygens (including phenoxy) is 1. The van der Waals surface area contributed by atoms with E-state index in [2.05, 4.69) is 31.7 Å². The summed E-state index contributed by atoms with van der Waals surface area (Å²) >= 11 is 0. The predicted octanol–water partition coefficient (Wildman–Crippen LogP) is 3.44. The van der Waals surface area contributed by atoms with Crippen molar-refractivity contribution in [3.05, 3.63) is 48.4 Å². The third-order valence-electron chi connectivity index (χ3n) is 4.23. The lowest BCUT2D eigenvalue weighted by atomic mass is 10.2. The molecule has 0 fully saturated rings. The molecule has 1 aliphatic rings. The first-order valence-corrected chi connectivity index (χ1v) is 8.79. The smallest absolute Gasteiger partial charge is 0.165 e. The zero-order chi connectivity index (χ0) is 17.2. The molecule has 0 amide bonds. The molecule has 138 valence electrons. The number of nitrogens with one attached hydrogen (secondary N) is 1. The van der Waals surface area contributed by atoms with Crippen LogP contribution < -0.4 is 10.1 Å². The fraction of sp³-hybridized carbons (Fsp3) is 0.368. The lowest BCUT2D eigenvalue weighted by Gasteiger charge is -2.12. The van der Waals surface area contributed by atoms with E-state index in [1.54, 1.807) is 0 Å². The van der Waals surface area contributed by atoms with Crippen LogP contribution in [0.15, 0.2) is 42.7 Å². The summed E-state index contributed by atoms with van der Waals surface area (Å²) in [6, 6.07) is 10.2. The number of imidazole rings is 1. The normalized spacial score (nSPS) is 13.8. The Morgan fingerprint density at radius 3 is 2.96 bits per heavy atom. The van der Waals surface area contributed by atoms with Crippen molar-refractivity contribution in [3.63, 3.8) is 0 Å². The number of rotatable bonds is 4. The maximum absolute atomic E-state index is 5.82. The average molecular weight is 374 g/mol. The Kier molecular flexibility index (Phi) is 5.64. The Bertz CT molecular complexity index is 847. The van der Waals surface area contributed by atoms with Gasteiger partial charge < -0.3 is 10.1 Å². The fourth-order valence-corrected chi connectivity index (χ4v) is 3.15. The molecule has 0 spiro atoms. The molecule has 1 aromatic carbocycles. The molecule has 3 aromatic rings. The zero-order valence-electron chi connectivity index (χ0n) is 15.1. The van der Waals surface area contributed by atoms with Crippen LogP contribution in [0.1, 0.15) is 26.0 Å². The van der Waals surface area contributed by atoms with Crippen molar-refractivity contribution in [1.82, 2.24) is 24.6 Å². The van der Waals surface area contributed by atoms with Crippen molar-refractivity contribution in [2.24, 2.45) is 0 Å². The summed E-state index contributed by atoms with van der Waals surface area (Å²) in [5, 5.41) is 8.20. The van der Waals surface area contributed by atoms with Gasteiger partial charge in [-0.2, -0.15) is 5.10 Å². The van der Waals surface area contributed by atoms with Gasteiger partial charge in [0.2, 0.25) is 0 Å². The minimum atomic E-state index is 0. The first-order valence-electron chi connectivity index (χ1n) is 8.79. The van der Waals surface area contributed by atoms with E-state index >= 15 is 0 Å². The fourth-order valence-electron chi connectivity index (χ4n) is 3.15. The van der Waals surface area contributed by atoms with E-state index < -0.39 is 0 Å².